The van der Waals surface area contributed by atoms with Gasteiger partial charge in [-0.05, 0) is 18.2 Å². The molecule has 60 valence electrons. The van der Waals surface area contributed by atoms with Crippen LogP contribution in [0.2, 0.25) is 0 Å². The summed E-state index contributed by atoms with van der Waals surface area (Å²) in [6.45, 7) is 8.55. The van der Waals surface area contributed by atoms with Crippen molar-refractivity contribution in [2.24, 2.45) is 0 Å². The second-order valence-electron chi connectivity index (χ2n) is 2.31. The van der Waals surface area contributed by atoms with Gasteiger partial charge in [0.1, 0.15) is 0 Å². The Kier molecular flexibility index (Phi) is 3.30. The second kappa shape index (κ2) is 4.29. The van der Waals surface area contributed by atoms with Crippen molar-refractivity contribution in [2.75, 3.05) is 12.3 Å². The maximum atomic E-state index is 3.76. The van der Waals surface area contributed by atoms with Crippen molar-refractivity contribution in [1.29, 1.82) is 0 Å². The summed E-state index contributed by atoms with van der Waals surface area (Å²) in [4.78, 5) is 1.22. The number of thioether (sulfide) groups is 1. The molecule has 0 unspecified atom stereocenters. The fourth-order valence-electron chi connectivity index (χ4n) is 0.984. The summed E-state index contributed by atoms with van der Waals surface area (Å²) in [5, 5.41) is 3.30. The minimum absolute atomic E-state index is 1.05. The van der Waals surface area contributed by atoms with Gasteiger partial charge in [0, 0.05) is 17.1 Å². The highest BCUT2D eigenvalue weighted by Crippen LogP contribution is 2.23. The predicted molar refractivity (Wildman–Crippen MR) is 52.5 cm³/mol. The van der Waals surface area contributed by atoms with E-state index in [1.165, 1.54) is 17.1 Å². The van der Waals surface area contributed by atoms with Crippen LogP contribution in [0.5, 0.6) is 0 Å². The first-order valence-electron chi connectivity index (χ1n) is 3.74. The molecule has 0 atom stereocenters. The fourth-order valence-corrected chi connectivity index (χ4v) is 1.92. The smallest absolute Gasteiger partial charge is 0.0472 e. The molecule has 0 amide bonds. The van der Waals surface area contributed by atoms with E-state index >= 15 is 0 Å². The lowest BCUT2D eigenvalue weighted by atomic mass is 10.3. The Bertz CT molecular complexity index is 174. The van der Waals surface area contributed by atoms with Gasteiger partial charge in [0.05, 0.1) is 0 Å². The first-order chi connectivity index (χ1) is 5.38. The van der Waals surface area contributed by atoms with Gasteiger partial charge in [0.2, 0.25) is 0 Å². The predicted octanol–water partition coefficient (Wildman–Crippen LogP) is 2.30. The van der Waals surface area contributed by atoms with Crippen LogP contribution in [0.25, 0.3) is 0 Å². The largest absolute Gasteiger partial charge is 0.384 e. The van der Waals surface area contributed by atoms with Crippen LogP contribution in [0.3, 0.4) is 0 Å². The van der Waals surface area contributed by atoms with Gasteiger partial charge < -0.3 is 5.32 Å². The van der Waals surface area contributed by atoms with Gasteiger partial charge >= 0.3 is 0 Å². The van der Waals surface area contributed by atoms with E-state index < -0.39 is 0 Å². The number of hydrogen-bond donors (Lipinski definition) is 1. The standard InChI is InChI=1S/C9H13NS/c1-3-8-9(4-2)11-7-5-6-10-8/h3-4,10H,1-2,5-7H2. The van der Waals surface area contributed by atoms with E-state index in [-0.39, 0.29) is 0 Å². The molecule has 1 aliphatic rings. The lowest BCUT2D eigenvalue weighted by Crippen LogP contribution is -2.12. The minimum atomic E-state index is 1.05. The van der Waals surface area contributed by atoms with Crippen LogP contribution in [0, 0.1) is 0 Å². The van der Waals surface area contributed by atoms with E-state index in [4.69, 9.17) is 0 Å². The molecule has 2 heteroatoms. The lowest BCUT2D eigenvalue weighted by Gasteiger charge is -2.04. The van der Waals surface area contributed by atoms with E-state index in [0.29, 0.717) is 0 Å². The van der Waals surface area contributed by atoms with Crippen molar-refractivity contribution in [2.45, 2.75) is 6.42 Å². The number of hydrogen-bond acceptors (Lipinski definition) is 2. The zero-order chi connectivity index (χ0) is 8.10. The molecule has 1 aliphatic heterocycles. The Morgan fingerprint density at radius 1 is 1.36 bits per heavy atom. The Labute approximate surface area is 72.3 Å². The highest BCUT2D eigenvalue weighted by Gasteiger charge is 2.04. The first kappa shape index (κ1) is 8.47. The minimum Gasteiger partial charge on any atom is -0.384 e. The van der Waals surface area contributed by atoms with Crippen molar-refractivity contribution in [3.05, 3.63) is 35.9 Å². The van der Waals surface area contributed by atoms with Crippen LogP contribution in [0.4, 0.5) is 0 Å². The van der Waals surface area contributed by atoms with Gasteiger partial charge in [-0.3, -0.25) is 0 Å². The highest BCUT2D eigenvalue weighted by molar-refractivity contribution is 8.03. The highest BCUT2D eigenvalue weighted by atomic mass is 32.2. The lowest BCUT2D eigenvalue weighted by molar-refractivity contribution is 0.797. The quantitative estimate of drug-likeness (QED) is 0.677. The van der Waals surface area contributed by atoms with E-state index in [1.807, 2.05) is 23.9 Å². The SMILES string of the molecule is C=CC1=C(C=C)SCCCN1. The molecule has 0 aliphatic carbocycles. The van der Waals surface area contributed by atoms with Gasteiger partial charge in [0.15, 0.2) is 0 Å². The van der Waals surface area contributed by atoms with Crippen LogP contribution in [0.15, 0.2) is 35.9 Å². The summed E-state index contributed by atoms with van der Waals surface area (Å²) in [5.41, 5.74) is 1.13. The number of nitrogens with one attached hydrogen (secondary N) is 1. The summed E-state index contributed by atoms with van der Waals surface area (Å²) < 4.78 is 0. The average Bonchev–Trinajstić information content (AvgIpc) is 2.27. The van der Waals surface area contributed by atoms with Crippen molar-refractivity contribution >= 4 is 11.8 Å². The van der Waals surface area contributed by atoms with Crippen LogP contribution < -0.4 is 5.32 Å². The molecule has 1 heterocycles. The average molecular weight is 167 g/mol. The first-order valence-corrected chi connectivity index (χ1v) is 4.73. The molecule has 0 saturated carbocycles. The summed E-state index contributed by atoms with van der Waals surface area (Å²) in [5.74, 6) is 1.17. The van der Waals surface area contributed by atoms with E-state index in [9.17, 15) is 0 Å². The van der Waals surface area contributed by atoms with Crippen LogP contribution in [0.1, 0.15) is 6.42 Å². The van der Waals surface area contributed by atoms with Crippen molar-refractivity contribution in [3.63, 3.8) is 0 Å². The molecule has 0 aromatic rings. The number of allylic oxidation sites excluding steroid dienone is 2. The van der Waals surface area contributed by atoms with Crippen molar-refractivity contribution in [1.82, 2.24) is 5.32 Å². The Balaban J connectivity index is 2.79. The van der Waals surface area contributed by atoms with Crippen molar-refractivity contribution < 1.29 is 0 Å². The third-order valence-electron chi connectivity index (χ3n) is 1.55. The van der Waals surface area contributed by atoms with Crippen LogP contribution in [-0.4, -0.2) is 12.3 Å². The monoisotopic (exact) mass is 167 g/mol. The molecule has 0 aromatic heterocycles. The van der Waals surface area contributed by atoms with Gasteiger partial charge in [-0.1, -0.05) is 19.2 Å². The van der Waals surface area contributed by atoms with Gasteiger partial charge in [-0.2, -0.15) is 0 Å². The zero-order valence-corrected chi connectivity index (χ0v) is 7.41. The van der Waals surface area contributed by atoms with Crippen LogP contribution in [-0.2, 0) is 0 Å². The molecule has 1 nitrogen and oxygen atoms in total. The molecule has 0 bridgehead atoms. The Morgan fingerprint density at radius 2 is 2.18 bits per heavy atom. The molecule has 0 aromatic carbocycles. The summed E-state index contributed by atoms with van der Waals surface area (Å²) >= 11 is 1.84. The van der Waals surface area contributed by atoms with Gasteiger partial charge in [-0.15, -0.1) is 11.8 Å². The molecule has 1 N–H and O–H groups in total. The maximum absolute atomic E-state index is 3.76. The number of rotatable bonds is 2. The Hall–Kier alpha value is -0.630. The molecular weight excluding hydrogens is 154 g/mol. The second-order valence-corrected chi connectivity index (χ2v) is 3.45. The van der Waals surface area contributed by atoms with Gasteiger partial charge in [-0.25, -0.2) is 0 Å². The summed E-state index contributed by atoms with van der Waals surface area (Å²) in [7, 11) is 0. The van der Waals surface area contributed by atoms with E-state index in [2.05, 4.69) is 18.5 Å². The molecule has 0 radical (unpaired) electrons. The molecule has 0 fully saturated rings. The topological polar surface area (TPSA) is 12.0 Å². The summed E-state index contributed by atoms with van der Waals surface area (Å²) in [6, 6.07) is 0. The zero-order valence-electron chi connectivity index (χ0n) is 6.60. The third kappa shape index (κ3) is 2.15. The van der Waals surface area contributed by atoms with Crippen LogP contribution >= 0.6 is 11.8 Å². The van der Waals surface area contributed by atoms with E-state index in [0.717, 1.165) is 12.2 Å². The summed E-state index contributed by atoms with van der Waals surface area (Å²) in [6.07, 6.45) is 4.95. The third-order valence-corrected chi connectivity index (χ3v) is 2.74. The van der Waals surface area contributed by atoms with Gasteiger partial charge in [0.25, 0.3) is 0 Å². The van der Waals surface area contributed by atoms with Crippen molar-refractivity contribution in [3.8, 4) is 0 Å². The molecule has 0 spiro atoms. The molecular formula is C9H13NS. The Morgan fingerprint density at radius 3 is 2.82 bits per heavy atom. The maximum Gasteiger partial charge on any atom is 0.0472 e. The fraction of sp³-hybridized carbons (Fsp3) is 0.333. The molecule has 1 rings (SSSR count). The molecule has 11 heavy (non-hydrogen) atoms. The molecule has 0 saturated heterocycles. The normalized spacial score (nSPS) is 18.5. The van der Waals surface area contributed by atoms with E-state index in [1.54, 1.807) is 0 Å².